The van der Waals surface area contributed by atoms with E-state index in [9.17, 15) is 4.79 Å². The van der Waals surface area contributed by atoms with Crippen molar-refractivity contribution in [1.82, 2.24) is 4.90 Å². The summed E-state index contributed by atoms with van der Waals surface area (Å²) in [4.78, 5) is 14.5. The van der Waals surface area contributed by atoms with Gasteiger partial charge in [-0.2, -0.15) is 0 Å². The molecule has 2 aliphatic rings. The van der Waals surface area contributed by atoms with Gasteiger partial charge in [-0.15, -0.1) is 12.4 Å². The van der Waals surface area contributed by atoms with Crippen molar-refractivity contribution in [3.63, 3.8) is 0 Å². The number of fused-ring (bicyclic) bond motifs is 1. The minimum atomic E-state index is 0. The van der Waals surface area contributed by atoms with E-state index in [0.717, 1.165) is 37.4 Å². The lowest BCUT2D eigenvalue weighted by Crippen LogP contribution is -2.34. The maximum Gasteiger partial charge on any atom is 0.227 e. The molecule has 1 aliphatic heterocycles. The van der Waals surface area contributed by atoms with Crippen molar-refractivity contribution in [2.45, 2.75) is 39.2 Å². The molecule has 1 saturated heterocycles. The van der Waals surface area contributed by atoms with Crippen molar-refractivity contribution in [1.29, 1.82) is 0 Å². The summed E-state index contributed by atoms with van der Waals surface area (Å²) in [7, 11) is 0. The van der Waals surface area contributed by atoms with E-state index in [0.29, 0.717) is 24.2 Å². The lowest BCUT2D eigenvalue weighted by atomic mass is 9.98. The molecule has 0 radical (unpaired) electrons. The number of likely N-dealkylation sites (tertiary alicyclic amines) is 1. The number of carbonyl (C=O) groups excluding carboxylic acids is 1. The molecule has 1 amide bonds. The molecule has 3 atom stereocenters. The summed E-state index contributed by atoms with van der Waals surface area (Å²) in [6.45, 7) is 6.72. The summed E-state index contributed by atoms with van der Waals surface area (Å²) in [5, 5.41) is 0. The van der Waals surface area contributed by atoms with Gasteiger partial charge in [0.2, 0.25) is 5.91 Å². The summed E-state index contributed by atoms with van der Waals surface area (Å²) in [5.41, 5.74) is 7.20. The Kier molecular flexibility index (Phi) is 6.53. The summed E-state index contributed by atoms with van der Waals surface area (Å²) < 4.78 is 5.68. The first-order chi connectivity index (χ1) is 11.0. The monoisotopic (exact) mass is 352 g/mol. The molecule has 1 saturated carbocycles. The Hall–Kier alpha value is -1.26. The molecule has 2 N–H and O–H groups in total. The summed E-state index contributed by atoms with van der Waals surface area (Å²) in [5.74, 6) is 2.75. The van der Waals surface area contributed by atoms with Gasteiger partial charge in [0.25, 0.3) is 0 Å². The van der Waals surface area contributed by atoms with Crippen LogP contribution < -0.4 is 10.5 Å². The zero-order valence-corrected chi connectivity index (χ0v) is 15.4. The quantitative estimate of drug-likeness (QED) is 0.886. The van der Waals surface area contributed by atoms with Crippen molar-refractivity contribution >= 4 is 18.3 Å². The lowest BCUT2D eigenvalue weighted by Gasteiger charge is -2.19. The second-order valence-electron chi connectivity index (χ2n) is 7.49. The molecule has 24 heavy (non-hydrogen) atoms. The van der Waals surface area contributed by atoms with E-state index < -0.39 is 0 Å². The van der Waals surface area contributed by atoms with Crippen LogP contribution >= 0.6 is 12.4 Å². The maximum atomic E-state index is 12.5. The van der Waals surface area contributed by atoms with Gasteiger partial charge in [-0.1, -0.05) is 26.0 Å². The van der Waals surface area contributed by atoms with Crippen molar-refractivity contribution < 1.29 is 9.53 Å². The van der Waals surface area contributed by atoms with Gasteiger partial charge < -0.3 is 15.4 Å². The van der Waals surface area contributed by atoms with E-state index in [-0.39, 0.29) is 24.4 Å². The molecule has 0 bridgehead atoms. The molecule has 1 aromatic carbocycles. The molecule has 0 spiro atoms. The molecule has 1 heterocycles. The fourth-order valence-corrected chi connectivity index (χ4v) is 3.76. The Bertz CT molecular complexity index is 547. The van der Waals surface area contributed by atoms with E-state index in [2.05, 4.69) is 13.8 Å². The summed E-state index contributed by atoms with van der Waals surface area (Å²) >= 11 is 0. The molecule has 4 nitrogen and oxygen atoms in total. The third kappa shape index (κ3) is 4.42. The van der Waals surface area contributed by atoms with Crippen LogP contribution in [-0.4, -0.2) is 36.5 Å². The second-order valence-corrected chi connectivity index (χ2v) is 7.49. The average Bonchev–Trinajstić information content (AvgIpc) is 3.09. The number of nitrogens with zero attached hydrogens (tertiary/aromatic N) is 1. The highest BCUT2D eigenvalue weighted by atomic mass is 35.5. The third-order valence-electron chi connectivity index (χ3n) is 5.13. The van der Waals surface area contributed by atoms with Gasteiger partial charge in [-0.3, -0.25) is 4.79 Å². The van der Waals surface area contributed by atoms with E-state index in [1.165, 1.54) is 6.42 Å². The molecule has 2 fully saturated rings. The Balaban J connectivity index is 0.00000208. The number of nitrogens with two attached hydrogens (primary N) is 1. The number of hydrogen-bond donors (Lipinski definition) is 1. The molecular weight excluding hydrogens is 324 g/mol. The van der Waals surface area contributed by atoms with Crippen molar-refractivity contribution in [3.05, 3.63) is 29.8 Å². The van der Waals surface area contributed by atoms with E-state index >= 15 is 0 Å². The zero-order chi connectivity index (χ0) is 16.4. The van der Waals surface area contributed by atoms with Crippen molar-refractivity contribution in [2.24, 2.45) is 23.5 Å². The predicted octanol–water partition coefficient (Wildman–Crippen LogP) is 2.88. The van der Waals surface area contributed by atoms with Gasteiger partial charge in [0, 0.05) is 19.1 Å². The van der Waals surface area contributed by atoms with Gasteiger partial charge in [-0.05, 0) is 48.3 Å². The van der Waals surface area contributed by atoms with E-state index in [1.54, 1.807) is 0 Å². The van der Waals surface area contributed by atoms with Crippen LogP contribution in [0.25, 0.3) is 0 Å². The molecule has 1 aliphatic carbocycles. The number of carbonyl (C=O) groups is 1. The Labute approximate surface area is 151 Å². The number of halogens is 1. The molecular formula is C19H29ClN2O2. The van der Waals surface area contributed by atoms with Crippen LogP contribution in [0.1, 0.15) is 32.3 Å². The molecule has 0 aromatic heterocycles. The zero-order valence-electron chi connectivity index (χ0n) is 14.6. The highest BCUT2D eigenvalue weighted by Crippen LogP contribution is 2.37. The van der Waals surface area contributed by atoms with Crippen LogP contribution in [0.15, 0.2) is 24.3 Å². The minimum Gasteiger partial charge on any atom is -0.493 e. The van der Waals surface area contributed by atoms with E-state index in [1.807, 2.05) is 29.2 Å². The first kappa shape index (κ1) is 19.1. The van der Waals surface area contributed by atoms with Crippen molar-refractivity contribution in [2.75, 3.05) is 19.7 Å². The summed E-state index contributed by atoms with van der Waals surface area (Å²) in [6.07, 6.45) is 2.77. The maximum absolute atomic E-state index is 12.5. The topological polar surface area (TPSA) is 55.6 Å². The standard InChI is InChI=1S/C19H28N2O2.ClH/c1-13(2)12-23-16-6-3-14(4-7-16)9-19(22)21-10-15-5-8-18(20)17(15)11-21;/h3-4,6-7,13,15,17-18H,5,8-12,20H2,1-2H3;1H. The predicted molar refractivity (Wildman–Crippen MR) is 98.5 cm³/mol. The van der Waals surface area contributed by atoms with Crippen LogP contribution in [0.3, 0.4) is 0 Å². The third-order valence-corrected chi connectivity index (χ3v) is 5.13. The molecule has 1 aromatic rings. The molecule has 3 unspecified atom stereocenters. The van der Waals surface area contributed by atoms with Gasteiger partial charge in [0.1, 0.15) is 5.75 Å². The highest BCUT2D eigenvalue weighted by molar-refractivity contribution is 5.85. The fourth-order valence-electron chi connectivity index (χ4n) is 3.76. The Morgan fingerprint density at radius 3 is 2.58 bits per heavy atom. The molecule has 3 rings (SSSR count). The van der Waals surface area contributed by atoms with Crippen LogP contribution in [0.5, 0.6) is 5.75 Å². The van der Waals surface area contributed by atoms with Gasteiger partial charge in [0.15, 0.2) is 0 Å². The summed E-state index contributed by atoms with van der Waals surface area (Å²) in [6, 6.07) is 8.20. The Morgan fingerprint density at radius 2 is 1.96 bits per heavy atom. The van der Waals surface area contributed by atoms with Crippen LogP contribution in [0.2, 0.25) is 0 Å². The minimum absolute atomic E-state index is 0. The smallest absolute Gasteiger partial charge is 0.227 e. The number of rotatable bonds is 5. The number of hydrogen-bond acceptors (Lipinski definition) is 3. The fraction of sp³-hybridized carbons (Fsp3) is 0.632. The average molecular weight is 353 g/mol. The van der Waals surface area contributed by atoms with Crippen LogP contribution in [0.4, 0.5) is 0 Å². The van der Waals surface area contributed by atoms with Crippen molar-refractivity contribution in [3.8, 4) is 5.75 Å². The molecule has 134 valence electrons. The van der Waals surface area contributed by atoms with Crippen LogP contribution in [-0.2, 0) is 11.2 Å². The van der Waals surface area contributed by atoms with Crippen LogP contribution in [0, 0.1) is 17.8 Å². The number of amides is 1. The Morgan fingerprint density at radius 1 is 1.25 bits per heavy atom. The highest BCUT2D eigenvalue weighted by Gasteiger charge is 2.42. The molecule has 5 heteroatoms. The normalized spacial score (nSPS) is 25.5. The SMILES string of the molecule is CC(C)COc1ccc(CC(=O)N2CC3CCC(N)C3C2)cc1.Cl. The number of ether oxygens (including phenoxy) is 1. The lowest BCUT2D eigenvalue weighted by molar-refractivity contribution is -0.129. The first-order valence-corrected chi connectivity index (χ1v) is 8.78. The van der Waals surface area contributed by atoms with Gasteiger partial charge >= 0.3 is 0 Å². The first-order valence-electron chi connectivity index (χ1n) is 8.78. The van der Waals surface area contributed by atoms with Gasteiger partial charge in [-0.25, -0.2) is 0 Å². The van der Waals surface area contributed by atoms with Gasteiger partial charge in [0.05, 0.1) is 13.0 Å². The van der Waals surface area contributed by atoms with E-state index in [4.69, 9.17) is 10.5 Å². The largest absolute Gasteiger partial charge is 0.493 e. The second kappa shape index (κ2) is 8.21. The number of benzene rings is 1.